The van der Waals surface area contributed by atoms with Crippen LogP contribution in [-0.2, 0) is 0 Å². The Morgan fingerprint density at radius 1 is 1.19 bits per heavy atom. The monoisotopic (exact) mass is 356 g/mol. The van der Waals surface area contributed by atoms with E-state index in [0.717, 1.165) is 37.5 Å². The van der Waals surface area contributed by atoms with Crippen molar-refractivity contribution in [2.24, 2.45) is 5.92 Å². The number of rotatable bonds is 4. The van der Waals surface area contributed by atoms with E-state index < -0.39 is 0 Å². The third-order valence-corrected chi connectivity index (χ3v) is 5.70. The third-order valence-electron chi connectivity index (χ3n) is 5.70. The van der Waals surface area contributed by atoms with Crippen LogP contribution in [-0.4, -0.2) is 56.1 Å². The second-order valence-corrected chi connectivity index (χ2v) is 7.84. The van der Waals surface area contributed by atoms with Gasteiger partial charge >= 0.3 is 0 Å². The van der Waals surface area contributed by atoms with E-state index in [9.17, 15) is 4.79 Å². The largest absolute Gasteiger partial charge is 0.345 e. The summed E-state index contributed by atoms with van der Waals surface area (Å²) in [4.78, 5) is 19.5. The molecule has 0 aromatic carbocycles. The van der Waals surface area contributed by atoms with Crippen molar-refractivity contribution in [2.75, 3.05) is 19.6 Å². The number of piperidine rings is 1. The Labute approximate surface area is 154 Å². The van der Waals surface area contributed by atoms with Crippen LogP contribution >= 0.6 is 0 Å². The lowest BCUT2D eigenvalue weighted by Gasteiger charge is -2.36. The molecule has 2 fully saturated rings. The first kappa shape index (κ1) is 17.4. The lowest BCUT2D eigenvalue weighted by atomic mass is 9.88. The van der Waals surface area contributed by atoms with E-state index in [4.69, 9.17) is 0 Å². The standard InChI is InChI=1S/C19H28N6O/c1-14-9-11-25-17(22-23-19(25)20-14)18(26)21-16-8-5-10-24(13-16)12-15-6-3-2-4-7-15/h9,11,15-16H,2-8,10,12-13H2,1H3,(H,21,26)/t16-/m1/s1. The number of carbonyl (C=O) groups is 1. The van der Waals surface area contributed by atoms with Crippen molar-refractivity contribution in [1.82, 2.24) is 29.8 Å². The molecule has 1 N–H and O–H groups in total. The molecule has 140 valence electrons. The summed E-state index contributed by atoms with van der Waals surface area (Å²) >= 11 is 0. The zero-order chi connectivity index (χ0) is 17.9. The highest BCUT2D eigenvalue weighted by molar-refractivity contribution is 5.91. The Balaban J connectivity index is 1.37. The molecule has 0 unspecified atom stereocenters. The third kappa shape index (κ3) is 3.87. The number of amides is 1. The predicted molar refractivity (Wildman–Crippen MR) is 99.0 cm³/mol. The van der Waals surface area contributed by atoms with Gasteiger partial charge in [0.1, 0.15) is 0 Å². The van der Waals surface area contributed by atoms with E-state index >= 15 is 0 Å². The summed E-state index contributed by atoms with van der Waals surface area (Å²) in [7, 11) is 0. The molecular weight excluding hydrogens is 328 g/mol. The SMILES string of the molecule is Cc1ccn2c(C(=O)N[C@@H]3CCCN(CC4CCCCC4)C3)nnc2n1. The predicted octanol–water partition coefficient (Wildman–Crippen LogP) is 2.21. The van der Waals surface area contributed by atoms with Crippen molar-refractivity contribution in [1.29, 1.82) is 0 Å². The first-order valence-electron chi connectivity index (χ1n) is 9.90. The summed E-state index contributed by atoms with van der Waals surface area (Å²) in [5.74, 6) is 1.47. The first-order valence-corrected chi connectivity index (χ1v) is 9.90. The number of nitrogens with one attached hydrogen (secondary N) is 1. The second kappa shape index (κ2) is 7.70. The van der Waals surface area contributed by atoms with Crippen molar-refractivity contribution < 1.29 is 4.79 Å². The molecule has 1 aliphatic heterocycles. The van der Waals surface area contributed by atoms with Crippen molar-refractivity contribution in [3.8, 4) is 0 Å². The van der Waals surface area contributed by atoms with Crippen molar-refractivity contribution in [2.45, 2.75) is 57.9 Å². The maximum absolute atomic E-state index is 12.7. The molecule has 2 aliphatic rings. The van der Waals surface area contributed by atoms with Gasteiger partial charge in [0.25, 0.3) is 11.7 Å². The molecular formula is C19H28N6O. The van der Waals surface area contributed by atoms with Gasteiger partial charge in [0.2, 0.25) is 5.82 Å². The fourth-order valence-corrected chi connectivity index (χ4v) is 4.35. The van der Waals surface area contributed by atoms with Gasteiger partial charge in [-0.05, 0) is 51.1 Å². The minimum absolute atomic E-state index is 0.160. The molecule has 1 aliphatic carbocycles. The van der Waals surface area contributed by atoms with E-state index in [2.05, 4.69) is 25.4 Å². The molecule has 3 heterocycles. The van der Waals surface area contributed by atoms with Gasteiger partial charge in [-0.1, -0.05) is 19.3 Å². The van der Waals surface area contributed by atoms with Gasteiger partial charge in [-0.15, -0.1) is 10.2 Å². The number of fused-ring (bicyclic) bond motifs is 1. The molecule has 0 bridgehead atoms. The van der Waals surface area contributed by atoms with Crippen LogP contribution in [0.5, 0.6) is 0 Å². The highest BCUT2D eigenvalue weighted by atomic mass is 16.2. The molecule has 0 spiro atoms. The van der Waals surface area contributed by atoms with E-state index in [1.165, 1.54) is 38.6 Å². The van der Waals surface area contributed by atoms with E-state index in [0.29, 0.717) is 11.6 Å². The normalized spacial score (nSPS) is 22.6. The Kier molecular flexibility index (Phi) is 5.15. The van der Waals surface area contributed by atoms with E-state index in [-0.39, 0.29) is 11.9 Å². The van der Waals surface area contributed by atoms with Gasteiger partial charge < -0.3 is 10.2 Å². The summed E-state index contributed by atoms with van der Waals surface area (Å²) in [5, 5.41) is 11.2. The average molecular weight is 356 g/mol. The summed E-state index contributed by atoms with van der Waals surface area (Å²) < 4.78 is 1.66. The lowest BCUT2D eigenvalue weighted by molar-refractivity contribution is 0.0878. The summed E-state index contributed by atoms with van der Waals surface area (Å²) in [5.41, 5.74) is 0.863. The van der Waals surface area contributed by atoms with Gasteiger partial charge in [0.15, 0.2) is 0 Å². The van der Waals surface area contributed by atoms with Crippen molar-refractivity contribution >= 4 is 11.7 Å². The topological polar surface area (TPSA) is 75.4 Å². The van der Waals surface area contributed by atoms with Gasteiger partial charge in [-0.25, -0.2) is 4.98 Å². The van der Waals surface area contributed by atoms with Gasteiger partial charge in [-0.3, -0.25) is 9.20 Å². The maximum Gasteiger partial charge on any atom is 0.289 e. The highest BCUT2D eigenvalue weighted by Gasteiger charge is 2.26. The smallest absolute Gasteiger partial charge is 0.289 e. The molecule has 2 aromatic heterocycles. The molecule has 26 heavy (non-hydrogen) atoms. The van der Waals surface area contributed by atoms with Crippen LogP contribution in [0, 0.1) is 12.8 Å². The van der Waals surface area contributed by atoms with Crippen molar-refractivity contribution in [3.63, 3.8) is 0 Å². The van der Waals surface area contributed by atoms with Gasteiger partial charge in [0, 0.05) is 31.0 Å². The minimum Gasteiger partial charge on any atom is -0.345 e. The van der Waals surface area contributed by atoms with Crippen LogP contribution < -0.4 is 5.32 Å². The molecule has 7 heteroatoms. The summed E-state index contributed by atoms with van der Waals surface area (Å²) in [6, 6.07) is 2.05. The summed E-state index contributed by atoms with van der Waals surface area (Å²) in [6.07, 6.45) is 10.9. The molecule has 4 rings (SSSR count). The fraction of sp³-hybridized carbons (Fsp3) is 0.684. The Hall–Kier alpha value is -2.02. The zero-order valence-corrected chi connectivity index (χ0v) is 15.5. The number of nitrogens with zero attached hydrogens (tertiary/aromatic N) is 5. The second-order valence-electron chi connectivity index (χ2n) is 7.84. The molecule has 7 nitrogen and oxygen atoms in total. The molecule has 0 radical (unpaired) electrons. The average Bonchev–Trinajstić information content (AvgIpc) is 3.06. The van der Waals surface area contributed by atoms with E-state index in [1.807, 2.05) is 19.2 Å². The molecule has 1 amide bonds. The molecule has 1 atom stereocenters. The van der Waals surface area contributed by atoms with Crippen molar-refractivity contribution in [3.05, 3.63) is 23.8 Å². The van der Waals surface area contributed by atoms with Crippen LogP contribution in [0.25, 0.3) is 5.78 Å². The Bertz CT molecular complexity index is 766. The number of hydrogen-bond acceptors (Lipinski definition) is 5. The van der Waals surface area contributed by atoms with Gasteiger partial charge in [0.05, 0.1) is 0 Å². The first-order chi connectivity index (χ1) is 12.7. The maximum atomic E-state index is 12.7. The lowest BCUT2D eigenvalue weighted by Crippen LogP contribution is -2.49. The summed E-state index contributed by atoms with van der Waals surface area (Å²) in [6.45, 7) is 5.18. The number of carbonyl (C=O) groups excluding carboxylic acids is 1. The number of likely N-dealkylation sites (tertiary alicyclic amines) is 1. The number of aromatic nitrogens is 4. The van der Waals surface area contributed by atoms with Gasteiger partial charge in [-0.2, -0.15) is 0 Å². The van der Waals surface area contributed by atoms with E-state index in [1.54, 1.807) is 4.40 Å². The van der Waals surface area contributed by atoms with Crippen LogP contribution in [0.2, 0.25) is 0 Å². The highest BCUT2D eigenvalue weighted by Crippen LogP contribution is 2.25. The van der Waals surface area contributed by atoms with Crippen LogP contribution in [0.3, 0.4) is 0 Å². The van der Waals surface area contributed by atoms with Crippen LogP contribution in [0.1, 0.15) is 61.3 Å². The Morgan fingerprint density at radius 2 is 2.04 bits per heavy atom. The minimum atomic E-state index is -0.160. The Morgan fingerprint density at radius 3 is 2.88 bits per heavy atom. The molecule has 1 saturated heterocycles. The van der Waals surface area contributed by atoms with Crippen LogP contribution in [0.15, 0.2) is 12.3 Å². The van der Waals surface area contributed by atoms with Crippen LogP contribution in [0.4, 0.5) is 0 Å². The zero-order valence-electron chi connectivity index (χ0n) is 15.5. The number of hydrogen-bond donors (Lipinski definition) is 1. The fourth-order valence-electron chi connectivity index (χ4n) is 4.35. The molecule has 1 saturated carbocycles. The molecule has 2 aromatic rings. The quantitative estimate of drug-likeness (QED) is 0.909. The number of aryl methyl sites for hydroxylation is 1.